The molecular formula is C19H29NO. The molecule has 2 N–H and O–H groups in total. The highest BCUT2D eigenvalue weighted by atomic mass is 16.5. The molecule has 2 nitrogen and oxygen atoms in total. The molecule has 1 aromatic rings. The number of rotatable bonds is 2. The third-order valence-corrected chi connectivity index (χ3v) is 5.98. The Labute approximate surface area is 129 Å². The van der Waals surface area contributed by atoms with Crippen LogP contribution in [0.25, 0.3) is 0 Å². The van der Waals surface area contributed by atoms with Crippen LogP contribution in [0, 0.1) is 19.8 Å². The van der Waals surface area contributed by atoms with Crippen LogP contribution in [0.5, 0.6) is 0 Å². The summed E-state index contributed by atoms with van der Waals surface area (Å²) in [6, 6.07) is 6.71. The fraction of sp³-hybridized carbons (Fsp3) is 0.684. The normalized spacial score (nSPS) is 27.7. The maximum absolute atomic E-state index is 6.83. The van der Waals surface area contributed by atoms with Gasteiger partial charge in [0, 0.05) is 12.1 Å². The van der Waals surface area contributed by atoms with Crippen molar-refractivity contribution >= 4 is 0 Å². The molecule has 21 heavy (non-hydrogen) atoms. The van der Waals surface area contributed by atoms with E-state index in [1.54, 1.807) is 0 Å². The Morgan fingerprint density at radius 2 is 1.90 bits per heavy atom. The lowest BCUT2D eigenvalue weighted by molar-refractivity contribution is -0.104. The molecule has 1 saturated heterocycles. The first-order valence-corrected chi connectivity index (χ1v) is 8.44. The molecule has 2 heteroatoms. The Bertz CT molecular complexity index is 514. The Balaban J connectivity index is 1.84. The van der Waals surface area contributed by atoms with Gasteiger partial charge in [-0.3, -0.25) is 0 Å². The van der Waals surface area contributed by atoms with Crippen molar-refractivity contribution in [1.82, 2.24) is 0 Å². The Morgan fingerprint density at radius 3 is 2.57 bits per heavy atom. The van der Waals surface area contributed by atoms with Gasteiger partial charge >= 0.3 is 0 Å². The van der Waals surface area contributed by atoms with Crippen LogP contribution in [0.1, 0.15) is 62.1 Å². The monoisotopic (exact) mass is 287 g/mol. The number of benzene rings is 1. The van der Waals surface area contributed by atoms with Gasteiger partial charge in [-0.1, -0.05) is 31.0 Å². The summed E-state index contributed by atoms with van der Waals surface area (Å²) in [5.74, 6) is 0.520. The van der Waals surface area contributed by atoms with Gasteiger partial charge in [0.25, 0.3) is 0 Å². The van der Waals surface area contributed by atoms with Gasteiger partial charge in [0.05, 0.1) is 5.60 Å². The second-order valence-electron chi connectivity index (χ2n) is 7.51. The predicted octanol–water partition coefficient (Wildman–Crippen LogP) is 4.22. The van der Waals surface area contributed by atoms with Crippen LogP contribution in [-0.2, 0) is 10.3 Å². The van der Waals surface area contributed by atoms with E-state index in [9.17, 15) is 0 Å². The maximum atomic E-state index is 6.83. The Kier molecular flexibility index (Phi) is 3.87. The summed E-state index contributed by atoms with van der Waals surface area (Å²) in [6.07, 6.45) is 7.31. The van der Waals surface area contributed by atoms with E-state index >= 15 is 0 Å². The molecule has 0 radical (unpaired) electrons. The lowest BCUT2D eigenvalue weighted by atomic mass is 9.71. The van der Waals surface area contributed by atoms with Gasteiger partial charge in [0.15, 0.2) is 0 Å². The van der Waals surface area contributed by atoms with E-state index < -0.39 is 0 Å². The van der Waals surface area contributed by atoms with Crippen LogP contribution < -0.4 is 5.73 Å². The molecule has 0 aromatic heterocycles. The topological polar surface area (TPSA) is 35.2 Å². The summed E-state index contributed by atoms with van der Waals surface area (Å²) in [5.41, 5.74) is 10.7. The highest BCUT2D eigenvalue weighted by Crippen LogP contribution is 2.46. The zero-order valence-corrected chi connectivity index (χ0v) is 13.7. The van der Waals surface area contributed by atoms with E-state index in [0.717, 1.165) is 19.4 Å². The maximum Gasteiger partial charge on any atom is 0.0686 e. The quantitative estimate of drug-likeness (QED) is 0.884. The summed E-state index contributed by atoms with van der Waals surface area (Å²) in [7, 11) is 0. The SMILES string of the molecule is Cc1ccc(C(C)(N)C2CCOC3(CCCC3)C2)cc1C. The average Bonchev–Trinajstić information content (AvgIpc) is 2.89. The molecule has 116 valence electrons. The van der Waals surface area contributed by atoms with E-state index in [4.69, 9.17) is 10.5 Å². The van der Waals surface area contributed by atoms with Gasteiger partial charge in [-0.15, -0.1) is 0 Å². The molecule has 2 fully saturated rings. The largest absolute Gasteiger partial charge is 0.375 e. The van der Waals surface area contributed by atoms with Crippen molar-refractivity contribution in [2.24, 2.45) is 11.7 Å². The number of hydrogen-bond acceptors (Lipinski definition) is 2. The number of hydrogen-bond donors (Lipinski definition) is 1. The minimum absolute atomic E-state index is 0.142. The number of ether oxygens (including phenoxy) is 1. The van der Waals surface area contributed by atoms with Crippen molar-refractivity contribution < 1.29 is 4.74 Å². The fourth-order valence-electron chi connectivity index (χ4n) is 4.22. The summed E-state index contributed by atoms with van der Waals surface area (Å²) < 4.78 is 6.17. The Morgan fingerprint density at radius 1 is 1.19 bits per heavy atom. The van der Waals surface area contributed by atoms with Crippen LogP contribution >= 0.6 is 0 Å². The predicted molar refractivity (Wildman–Crippen MR) is 87.3 cm³/mol. The summed E-state index contributed by atoms with van der Waals surface area (Å²) >= 11 is 0. The fourth-order valence-corrected chi connectivity index (χ4v) is 4.22. The Hall–Kier alpha value is -0.860. The van der Waals surface area contributed by atoms with Crippen molar-refractivity contribution in [3.05, 3.63) is 34.9 Å². The second kappa shape index (κ2) is 5.40. The van der Waals surface area contributed by atoms with Gasteiger partial charge in [-0.2, -0.15) is 0 Å². The van der Waals surface area contributed by atoms with Gasteiger partial charge in [0.2, 0.25) is 0 Å². The molecule has 1 aromatic carbocycles. The molecule has 3 rings (SSSR count). The minimum Gasteiger partial charge on any atom is -0.375 e. The van der Waals surface area contributed by atoms with Gasteiger partial charge in [-0.25, -0.2) is 0 Å². The van der Waals surface area contributed by atoms with Crippen LogP contribution in [-0.4, -0.2) is 12.2 Å². The molecular weight excluding hydrogens is 258 g/mol. The summed E-state index contributed by atoms with van der Waals surface area (Å²) in [4.78, 5) is 0. The standard InChI is InChI=1S/C19H29NO/c1-14-6-7-16(12-15(14)2)18(3,20)17-8-11-21-19(13-17)9-4-5-10-19/h6-7,12,17H,4-5,8-11,13,20H2,1-3H3. The molecule has 1 spiro atoms. The zero-order chi connectivity index (χ0) is 15.1. The zero-order valence-electron chi connectivity index (χ0n) is 13.7. The van der Waals surface area contributed by atoms with Crippen molar-refractivity contribution in [3.63, 3.8) is 0 Å². The summed E-state index contributed by atoms with van der Waals surface area (Å²) in [5, 5.41) is 0. The van der Waals surface area contributed by atoms with Crippen LogP contribution in [0.3, 0.4) is 0 Å². The van der Waals surface area contributed by atoms with Gasteiger partial charge < -0.3 is 10.5 Å². The highest BCUT2D eigenvalue weighted by molar-refractivity contribution is 5.34. The van der Waals surface area contributed by atoms with Gasteiger partial charge in [-0.05, 0) is 69.1 Å². The van der Waals surface area contributed by atoms with Crippen molar-refractivity contribution in [2.75, 3.05) is 6.61 Å². The van der Waals surface area contributed by atoms with Crippen LogP contribution in [0.2, 0.25) is 0 Å². The molecule has 2 aliphatic rings. The van der Waals surface area contributed by atoms with Crippen molar-refractivity contribution in [1.29, 1.82) is 0 Å². The third-order valence-electron chi connectivity index (χ3n) is 5.98. The van der Waals surface area contributed by atoms with E-state index in [2.05, 4.69) is 39.0 Å². The molecule has 1 aliphatic carbocycles. The number of aryl methyl sites for hydroxylation is 2. The van der Waals surface area contributed by atoms with Crippen molar-refractivity contribution in [2.45, 2.75) is 70.4 Å². The van der Waals surface area contributed by atoms with Crippen molar-refractivity contribution in [3.8, 4) is 0 Å². The first-order chi connectivity index (χ1) is 9.93. The van der Waals surface area contributed by atoms with E-state index in [0.29, 0.717) is 5.92 Å². The molecule has 1 aliphatic heterocycles. The highest BCUT2D eigenvalue weighted by Gasteiger charge is 2.45. The lowest BCUT2D eigenvalue weighted by Crippen LogP contribution is -2.49. The summed E-state index contributed by atoms with van der Waals surface area (Å²) in [6.45, 7) is 7.43. The number of nitrogens with two attached hydrogens (primary N) is 1. The lowest BCUT2D eigenvalue weighted by Gasteiger charge is -2.45. The first-order valence-electron chi connectivity index (χ1n) is 8.44. The molecule has 1 heterocycles. The molecule has 0 bridgehead atoms. The van der Waals surface area contributed by atoms with E-state index in [-0.39, 0.29) is 11.1 Å². The molecule has 2 unspecified atom stereocenters. The minimum atomic E-state index is -0.252. The van der Waals surface area contributed by atoms with Crippen LogP contribution in [0.15, 0.2) is 18.2 Å². The van der Waals surface area contributed by atoms with E-state index in [1.807, 2.05) is 0 Å². The molecule has 2 atom stereocenters. The molecule has 1 saturated carbocycles. The van der Waals surface area contributed by atoms with Gasteiger partial charge in [0.1, 0.15) is 0 Å². The molecule has 0 amide bonds. The second-order valence-corrected chi connectivity index (χ2v) is 7.51. The van der Waals surface area contributed by atoms with Crippen LogP contribution in [0.4, 0.5) is 0 Å². The first kappa shape index (κ1) is 15.1. The van der Waals surface area contributed by atoms with E-state index in [1.165, 1.54) is 42.4 Å². The average molecular weight is 287 g/mol. The third kappa shape index (κ3) is 2.76. The smallest absolute Gasteiger partial charge is 0.0686 e.